The van der Waals surface area contributed by atoms with Gasteiger partial charge in [-0.2, -0.15) is 0 Å². The summed E-state index contributed by atoms with van der Waals surface area (Å²) >= 11 is 3.04. The summed E-state index contributed by atoms with van der Waals surface area (Å²) in [5.74, 6) is 4.29. The molecule has 0 atom stereocenters. The van der Waals surface area contributed by atoms with Gasteiger partial charge >= 0.3 is 0 Å². The van der Waals surface area contributed by atoms with Crippen LogP contribution in [0.15, 0.2) is 18.2 Å². The first-order valence-corrected chi connectivity index (χ1v) is 4.45. The summed E-state index contributed by atoms with van der Waals surface area (Å²) in [5.41, 5.74) is 0.754. The van der Waals surface area contributed by atoms with E-state index >= 15 is 0 Å². The van der Waals surface area contributed by atoms with Crippen LogP contribution in [-0.4, -0.2) is 14.2 Å². The smallest absolute Gasteiger partial charge is 0.138 e. The van der Waals surface area contributed by atoms with Crippen LogP contribution in [0, 0.1) is 10.8 Å². The van der Waals surface area contributed by atoms with Gasteiger partial charge in [-0.15, -0.1) is 0 Å². The lowest BCUT2D eigenvalue weighted by Gasteiger charge is -2.07. The Morgan fingerprint density at radius 1 is 1.15 bits per heavy atom. The maximum Gasteiger partial charge on any atom is 0.138 e. The molecule has 0 fully saturated rings. The molecule has 0 heterocycles. The van der Waals surface area contributed by atoms with Gasteiger partial charge in [-0.3, -0.25) is 0 Å². The average Bonchev–Trinajstić information content (AvgIpc) is 2.18. The Kier molecular flexibility index (Phi) is 3.66. The molecule has 0 aromatic heterocycles. The van der Waals surface area contributed by atoms with E-state index in [0.717, 1.165) is 5.56 Å². The van der Waals surface area contributed by atoms with Crippen LogP contribution in [0.2, 0.25) is 0 Å². The molecule has 0 saturated heterocycles. The van der Waals surface area contributed by atoms with Crippen LogP contribution in [-0.2, 0) is 0 Å². The van der Waals surface area contributed by atoms with Crippen molar-refractivity contribution in [2.75, 3.05) is 14.2 Å². The molecule has 0 saturated carbocycles. The largest absolute Gasteiger partial charge is 0.495 e. The molecule has 0 N–H and O–H groups in total. The second-order valence-corrected chi connectivity index (χ2v) is 2.65. The first-order valence-electron chi connectivity index (χ1n) is 3.66. The molecule has 1 rings (SSSR count). The van der Waals surface area contributed by atoms with Gasteiger partial charge in [0.2, 0.25) is 0 Å². The van der Waals surface area contributed by atoms with Crippen molar-refractivity contribution in [3.8, 4) is 22.2 Å². The number of rotatable bonds is 2. The molecular weight excluding hydrogens is 232 g/mol. The SMILES string of the molecule is COc1cccc(OC)c1C#CBr. The van der Waals surface area contributed by atoms with Crippen LogP contribution in [0.25, 0.3) is 0 Å². The van der Waals surface area contributed by atoms with Crippen molar-refractivity contribution in [1.82, 2.24) is 0 Å². The third-order valence-corrected chi connectivity index (χ3v) is 1.80. The maximum absolute atomic E-state index is 5.14. The van der Waals surface area contributed by atoms with E-state index in [1.165, 1.54) is 0 Å². The van der Waals surface area contributed by atoms with E-state index in [0.29, 0.717) is 11.5 Å². The molecule has 0 spiro atoms. The lowest BCUT2D eigenvalue weighted by molar-refractivity contribution is 0.392. The number of hydrogen-bond acceptors (Lipinski definition) is 2. The highest BCUT2D eigenvalue weighted by molar-refractivity contribution is 9.12. The number of halogens is 1. The maximum atomic E-state index is 5.14. The molecule has 0 amide bonds. The van der Waals surface area contributed by atoms with E-state index in [4.69, 9.17) is 9.47 Å². The van der Waals surface area contributed by atoms with E-state index in [1.54, 1.807) is 14.2 Å². The van der Waals surface area contributed by atoms with Crippen LogP contribution in [0.5, 0.6) is 11.5 Å². The van der Waals surface area contributed by atoms with Crippen molar-refractivity contribution in [2.24, 2.45) is 0 Å². The quantitative estimate of drug-likeness (QED) is 0.740. The van der Waals surface area contributed by atoms with Crippen LogP contribution in [0.4, 0.5) is 0 Å². The molecular formula is C10H9BrO2. The fraction of sp³-hybridized carbons (Fsp3) is 0.200. The third-order valence-electron chi connectivity index (χ3n) is 1.60. The molecule has 0 radical (unpaired) electrons. The van der Waals surface area contributed by atoms with Crippen molar-refractivity contribution in [3.63, 3.8) is 0 Å². The third kappa shape index (κ3) is 2.16. The predicted octanol–water partition coefficient (Wildman–Crippen LogP) is 2.41. The van der Waals surface area contributed by atoms with Crippen LogP contribution in [0.3, 0.4) is 0 Å². The van der Waals surface area contributed by atoms with Gasteiger partial charge in [0.15, 0.2) is 0 Å². The van der Waals surface area contributed by atoms with Crippen molar-refractivity contribution in [1.29, 1.82) is 0 Å². The first-order chi connectivity index (χ1) is 6.33. The summed E-state index contributed by atoms with van der Waals surface area (Å²) in [5, 5.41) is 0. The monoisotopic (exact) mass is 240 g/mol. The van der Waals surface area contributed by atoms with E-state index in [1.807, 2.05) is 18.2 Å². The Hall–Kier alpha value is -1.14. The first kappa shape index (κ1) is 9.94. The predicted molar refractivity (Wildman–Crippen MR) is 55.4 cm³/mol. The second-order valence-electron chi connectivity index (χ2n) is 2.26. The normalized spacial score (nSPS) is 8.54. The van der Waals surface area contributed by atoms with Crippen LogP contribution >= 0.6 is 15.9 Å². The van der Waals surface area contributed by atoms with Gasteiger partial charge in [0.05, 0.1) is 14.2 Å². The molecule has 0 unspecified atom stereocenters. The fourth-order valence-electron chi connectivity index (χ4n) is 1.02. The molecule has 13 heavy (non-hydrogen) atoms. The minimum atomic E-state index is 0.714. The van der Waals surface area contributed by atoms with Gasteiger partial charge in [0.1, 0.15) is 17.1 Å². The fourth-order valence-corrected chi connectivity index (χ4v) is 1.22. The molecule has 0 aliphatic heterocycles. The van der Waals surface area contributed by atoms with Gasteiger partial charge in [-0.25, -0.2) is 0 Å². The molecule has 1 aromatic rings. The van der Waals surface area contributed by atoms with Crippen molar-refractivity contribution in [2.45, 2.75) is 0 Å². The number of ether oxygens (including phenoxy) is 2. The molecule has 0 bridgehead atoms. The zero-order valence-electron chi connectivity index (χ0n) is 7.43. The molecule has 3 heteroatoms. The molecule has 2 nitrogen and oxygen atoms in total. The summed E-state index contributed by atoms with van der Waals surface area (Å²) < 4.78 is 10.3. The standard InChI is InChI=1S/C10H9BrO2/c1-12-9-4-3-5-10(13-2)8(9)6-7-11/h3-5H,1-2H3. The minimum absolute atomic E-state index is 0.714. The van der Waals surface area contributed by atoms with Gasteiger partial charge in [0.25, 0.3) is 0 Å². The van der Waals surface area contributed by atoms with E-state index in [2.05, 4.69) is 26.7 Å². The van der Waals surface area contributed by atoms with Crippen molar-refractivity contribution < 1.29 is 9.47 Å². The Morgan fingerprint density at radius 3 is 2.08 bits per heavy atom. The van der Waals surface area contributed by atoms with Gasteiger partial charge in [-0.05, 0) is 22.9 Å². The van der Waals surface area contributed by atoms with Crippen LogP contribution in [0.1, 0.15) is 5.56 Å². The van der Waals surface area contributed by atoms with Crippen molar-refractivity contribution >= 4 is 15.9 Å². The zero-order chi connectivity index (χ0) is 9.68. The molecule has 0 aliphatic carbocycles. The van der Waals surface area contributed by atoms with E-state index in [9.17, 15) is 0 Å². The summed E-state index contributed by atoms with van der Waals surface area (Å²) in [6.07, 6.45) is 0. The highest BCUT2D eigenvalue weighted by Crippen LogP contribution is 2.26. The highest BCUT2D eigenvalue weighted by Gasteiger charge is 2.05. The molecule has 1 aromatic carbocycles. The Morgan fingerprint density at radius 2 is 1.69 bits per heavy atom. The highest BCUT2D eigenvalue weighted by atomic mass is 79.9. The van der Waals surface area contributed by atoms with Gasteiger partial charge in [0, 0.05) is 15.9 Å². The lowest BCUT2D eigenvalue weighted by Crippen LogP contribution is -1.92. The van der Waals surface area contributed by atoms with E-state index < -0.39 is 0 Å². The summed E-state index contributed by atoms with van der Waals surface area (Å²) in [6, 6.07) is 5.54. The van der Waals surface area contributed by atoms with E-state index in [-0.39, 0.29) is 0 Å². The average molecular weight is 241 g/mol. The summed E-state index contributed by atoms with van der Waals surface area (Å²) in [4.78, 5) is 2.64. The number of methoxy groups -OCH3 is 2. The van der Waals surface area contributed by atoms with Gasteiger partial charge < -0.3 is 9.47 Å². The lowest BCUT2D eigenvalue weighted by atomic mass is 10.2. The second kappa shape index (κ2) is 4.78. The Labute approximate surface area is 86.0 Å². The topological polar surface area (TPSA) is 18.5 Å². The number of benzene rings is 1. The molecule has 0 aliphatic rings. The number of hydrogen-bond donors (Lipinski definition) is 0. The van der Waals surface area contributed by atoms with Crippen LogP contribution < -0.4 is 9.47 Å². The summed E-state index contributed by atoms with van der Waals surface area (Å²) in [7, 11) is 3.21. The Bertz CT molecular complexity index is 327. The zero-order valence-corrected chi connectivity index (χ0v) is 9.01. The molecule has 68 valence electrons. The Balaban J connectivity index is 3.26. The summed E-state index contributed by atoms with van der Waals surface area (Å²) in [6.45, 7) is 0. The van der Waals surface area contributed by atoms with Crippen molar-refractivity contribution in [3.05, 3.63) is 23.8 Å². The van der Waals surface area contributed by atoms with Gasteiger partial charge in [-0.1, -0.05) is 6.07 Å². The minimum Gasteiger partial charge on any atom is -0.495 e.